The summed E-state index contributed by atoms with van der Waals surface area (Å²) in [6, 6.07) is 1.48. The predicted molar refractivity (Wildman–Crippen MR) is 112 cm³/mol. The van der Waals surface area contributed by atoms with Crippen molar-refractivity contribution < 1.29 is 23.8 Å². The summed E-state index contributed by atoms with van der Waals surface area (Å²) in [5, 5.41) is 12.5. The number of alkyl carbamates (subject to hydrolysis) is 1. The molecule has 1 fully saturated rings. The Morgan fingerprint density at radius 3 is 2.60 bits per heavy atom. The van der Waals surface area contributed by atoms with Gasteiger partial charge in [-0.25, -0.2) is 9.18 Å². The fourth-order valence-corrected chi connectivity index (χ4v) is 4.61. The molecule has 1 aromatic carbocycles. The van der Waals surface area contributed by atoms with E-state index in [1.54, 1.807) is 4.90 Å². The number of rotatable bonds is 4. The number of carbonyl (C=O) groups excluding carboxylic acids is 2. The molecule has 2 aliphatic rings. The highest BCUT2D eigenvalue weighted by molar-refractivity contribution is 6.32. The summed E-state index contributed by atoms with van der Waals surface area (Å²) in [7, 11) is 0. The highest BCUT2D eigenvalue weighted by Gasteiger charge is 2.35. The first-order chi connectivity index (χ1) is 14.0. The van der Waals surface area contributed by atoms with Crippen molar-refractivity contribution in [1.29, 1.82) is 0 Å². The van der Waals surface area contributed by atoms with Gasteiger partial charge >= 0.3 is 6.09 Å². The number of nitrogens with one attached hydrogen (secondary N) is 1. The summed E-state index contributed by atoms with van der Waals surface area (Å²) in [5.41, 5.74) is -0.0770. The van der Waals surface area contributed by atoms with Crippen LogP contribution < -0.4 is 5.32 Å². The standard InChI is InChI=1S/C22H30ClFN2O4/c1-12(25-21(29)30-22(2,3)4)14-7-5-13(6-8-14)10-26-11-15-9-16(23)19(27)18(24)17(15)20(26)28/h9,12-14,27H,5-8,10-11H2,1-4H3,(H,25,29). The molecule has 1 aromatic rings. The number of benzene rings is 1. The van der Waals surface area contributed by atoms with Crippen molar-refractivity contribution in [1.82, 2.24) is 10.2 Å². The van der Waals surface area contributed by atoms with Crippen LogP contribution in [0.2, 0.25) is 5.02 Å². The van der Waals surface area contributed by atoms with Gasteiger partial charge in [0.15, 0.2) is 11.6 Å². The largest absolute Gasteiger partial charge is 0.504 e. The van der Waals surface area contributed by atoms with Crippen molar-refractivity contribution >= 4 is 23.6 Å². The van der Waals surface area contributed by atoms with E-state index in [1.165, 1.54) is 6.07 Å². The van der Waals surface area contributed by atoms with Crippen molar-refractivity contribution in [3.8, 4) is 5.75 Å². The van der Waals surface area contributed by atoms with Crippen LogP contribution in [-0.4, -0.2) is 40.2 Å². The van der Waals surface area contributed by atoms with Gasteiger partial charge in [-0.1, -0.05) is 11.6 Å². The van der Waals surface area contributed by atoms with Crippen LogP contribution in [0.5, 0.6) is 5.75 Å². The van der Waals surface area contributed by atoms with Gasteiger partial charge in [0.2, 0.25) is 0 Å². The fourth-order valence-electron chi connectivity index (χ4n) is 4.39. The number of hydrogen-bond acceptors (Lipinski definition) is 4. The third kappa shape index (κ3) is 4.99. The first-order valence-electron chi connectivity index (χ1n) is 10.4. The smallest absolute Gasteiger partial charge is 0.407 e. The molecule has 0 radical (unpaired) electrons. The summed E-state index contributed by atoms with van der Waals surface area (Å²) in [6.07, 6.45) is 3.34. The Morgan fingerprint density at radius 2 is 2.00 bits per heavy atom. The predicted octanol–water partition coefficient (Wildman–Crippen LogP) is 4.86. The number of fused-ring (bicyclic) bond motifs is 1. The highest BCUT2D eigenvalue weighted by Crippen LogP contribution is 2.38. The first-order valence-corrected chi connectivity index (χ1v) is 10.8. The van der Waals surface area contributed by atoms with Crippen LogP contribution in [0.3, 0.4) is 0 Å². The number of aromatic hydroxyl groups is 1. The van der Waals surface area contributed by atoms with Gasteiger partial charge in [-0.3, -0.25) is 4.79 Å². The Balaban J connectivity index is 1.51. The zero-order valence-corrected chi connectivity index (χ0v) is 18.7. The zero-order valence-electron chi connectivity index (χ0n) is 17.9. The fraction of sp³-hybridized carbons (Fsp3) is 0.636. The van der Waals surface area contributed by atoms with Crippen LogP contribution >= 0.6 is 11.6 Å². The van der Waals surface area contributed by atoms with Crippen LogP contribution in [0.15, 0.2) is 6.07 Å². The first kappa shape index (κ1) is 22.7. The lowest BCUT2D eigenvalue weighted by atomic mass is 9.78. The molecular weight excluding hydrogens is 411 g/mol. The lowest BCUT2D eigenvalue weighted by Gasteiger charge is -2.34. The van der Waals surface area contributed by atoms with Crippen LogP contribution in [0, 0.1) is 17.7 Å². The lowest BCUT2D eigenvalue weighted by molar-refractivity contribution is 0.0474. The second-order valence-electron chi connectivity index (χ2n) is 9.46. The van der Waals surface area contributed by atoms with Gasteiger partial charge in [0.25, 0.3) is 5.91 Å². The normalized spacial score (nSPS) is 22.6. The molecule has 8 heteroatoms. The number of amides is 2. The highest BCUT2D eigenvalue weighted by atomic mass is 35.5. The second-order valence-corrected chi connectivity index (χ2v) is 9.86. The van der Waals surface area contributed by atoms with E-state index in [0.717, 1.165) is 25.7 Å². The maximum atomic E-state index is 14.3. The van der Waals surface area contributed by atoms with E-state index in [9.17, 15) is 19.1 Å². The SMILES string of the molecule is CC(NC(=O)OC(C)(C)C)C1CCC(CN2Cc3cc(Cl)c(O)c(F)c3C2=O)CC1. The number of halogens is 2. The van der Waals surface area contributed by atoms with Gasteiger partial charge in [-0.05, 0) is 76.8 Å². The molecule has 6 nitrogen and oxygen atoms in total. The van der Waals surface area contributed by atoms with E-state index >= 15 is 0 Å². The van der Waals surface area contributed by atoms with E-state index in [4.69, 9.17) is 16.3 Å². The third-order valence-electron chi connectivity index (χ3n) is 5.96. The molecule has 0 bridgehead atoms. The zero-order chi connectivity index (χ0) is 22.2. The molecule has 1 aliphatic carbocycles. The Labute approximate surface area is 181 Å². The van der Waals surface area contributed by atoms with E-state index in [2.05, 4.69) is 5.32 Å². The molecule has 2 N–H and O–H groups in total. The summed E-state index contributed by atoms with van der Waals surface area (Å²) in [4.78, 5) is 26.3. The number of phenols is 1. The van der Waals surface area contributed by atoms with E-state index in [1.807, 2.05) is 27.7 Å². The molecule has 1 unspecified atom stereocenters. The van der Waals surface area contributed by atoms with Crippen molar-refractivity contribution in [3.63, 3.8) is 0 Å². The maximum absolute atomic E-state index is 14.3. The Kier molecular flexibility index (Phi) is 6.51. The summed E-state index contributed by atoms with van der Waals surface area (Å²) in [5.74, 6) is -1.32. The number of carbonyl (C=O) groups is 2. The maximum Gasteiger partial charge on any atom is 0.407 e. The van der Waals surface area contributed by atoms with Gasteiger partial charge < -0.3 is 20.1 Å². The second kappa shape index (κ2) is 8.61. The minimum atomic E-state index is -0.934. The van der Waals surface area contributed by atoms with Crippen LogP contribution in [-0.2, 0) is 11.3 Å². The van der Waals surface area contributed by atoms with Crippen molar-refractivity contribution in [2.24, 2.45) is 11.8 Å². The van der Waals surface area contributed by atoms with Gasteiger partial charge in [-0.15, -0.1) is 0 Å². The van der Waals surface area contributed by atoms with E-state index in [-0.39, 0.29) is 16.6 Å². The van der Waals surface area contributed by atoms with Gasteiger partial charge in [0.05, 0.1) is 10.6 Å². The summed E-state index contributed by atoms with van der Waals surface area (Å²) < 4.78 is 19.6. The number of phenolic OH excluding ortho intramolecular Hbond substituents is 1. The molecule has 2 amide bonds. The molecule has 166 valence electrons. The van der Waals surface area contributed by atoms with Crippen molar-refractivity contribution in [2.75, 3.05) is 6.54 Å². The minimum Gasteiger partial charge on any atom is -0.504 e. The Morgan fingerprint density at radius 1 is 1.37 bits per heavy atom. The van der Waals surface area contributed by atoms with Crippen LogP contribution in [0.1, 0.15) is 69.3 Å². The molecule has 1 heterocycles. The number of nitrogens with zero attached hydrogens (tertiary/aromatic N) is 1. The van der Waals surface area contributed by atoms with Crippen molar-refractivity contribution in [3.05, 3.63) is 28.0 Å². The topological polar surface area (TPSA) is 78.9 Å². The lowest BCUT2D eigenvalue weighted by Crippen LogP contribution is -2.43. The van der Waals surface area contributed by atoms with Gasteiger partial charge in [-0.2, -0.15) is 0 Å². The van der Waals surface area contributed by atoms with Crippen LogP contribution in [0.25, 0.3) is 0 Å². The molecular formula is C22H30ClFN2O4. The van der Waals surface area contributed by atoms with E-state index < -0.39 is 29.2 Å². The molecule has 3 rings (SSSR count). The Bertz CT molecular complexity index is 831. The van der Waals surface area contributed by atoms with Gasteiger partial charge in [0.1, 0.15) is 5.60 Å². The molecule has 0 aromatic heterocycles. The molecule has 1 saturated carbocycles. The monoisotopic (exact) mass is 440 g/mol. The van der Waals surface area contributed by atoms with Crippen LogP contribution in [0.4, 0.5) is 9.18 Å². The quantitative estimate of drug-likeness (QED) is 0.700. The van der Waals surface area contributed by atoms with Gasteiger partial charge in [0, 0.05) is 19.1 Å². The minimum absolute atomic E-state index is 0.0117. The molecule has 1 aliphatic heterocycles. The third-order valence-corrected chi connectivity index (χ3v) is 6.25. The summed E-state index contributed by atoms with van der Waals surface area (Å²) in [6.45, 7) is 8.35. The molecule has 0 spiro atoms. The summed E-state index contributed by atoms with van der Waals surface area (Å²) >= 11 is 5.84. The average Bonchev–Trinajstić information content (AvgIpc) is 2.94. The molecule has 30 heavy (non-hydrogen) atoms. The van der Waals surface area contributed by atoms with Crippen molar-refractivity contribution in [2.45, 2.75) is 71.6 Å². The van der Waals surface area contributed by atoms with E-state index in [0.29, 0.717) is 30.5 Å². The molecule has 1 atom stereocenters. The average molecular weight is 441 g/mol. The number of ether oxygens (including phenoxy) is 1. The Hall–Kier alpha value is -2.02. The number of hydrogen-bond donors (Lipinski definition) is 2. The molecule has 0 saturated heterocycles.